The van der Waals surface area contributed by atoms with Gasteiger partial charge in [-0.15, -0.1) is 0 Å². The summed E-state index contributed by atoms with van der Waals surface area (Å²) in [5.74, 6) is 0.815. The van der Waals surface area contributed by atoms with Crippen LogP contribution in [0.15, 0.2) is 12.1 Å². The number of benzene rings is 1. The molecule has 0 amide bonds. The molecule has 0 aliphatic carbocycles. The first-order valence-electron chi connectivity index (χ1n) is 6.34. The molecule has 0 N–H and O–H groups in total. The summed E-state index contributed by atoms with van der Waals surface area (Å²) in [4.78, 5) is 12.5. The lowest BCUT2D eigenvalue weighted by Crippen LogP contribution is -2.16. The van der Waals surface area contributed by atoms with Gasteiger partial charge in [0.05, 0.1) is 25.4 Å². The van der Waals surface area contributed by atoms with Gasteiger partial charge in [-0.3, -0.25) is 4.79 Å². The number of ether oxygens (including phenoxy) is 2. The van der Waals surface area contributed by atoms with Crippen LogP contribution in [0.2, 0.25) is 0 Å². The highest BCUT2D eigenvalue weighted by Gasteiger charge is 2.30. The molecule has 1 heterocycles. The molecule has 1 saturated heterocycles. The largest absolute Gasteiger partial charge is 0.496 e. The Morgan fingerprint density at radius 1 is 1.39 bits per heavy atom. The summed E-state index contributed by atoms with van der Waals surface area (Å²) in [6.07, 6.45) is 0.978. The van der Waals surface area contributed by atoms with Crippen molar-refractivity contribution in [2.45, 2.75) is 33.3 Å². The normalized spacial score (nSPS) is 23.1. The molecule has 2 rings (SSSR count). The maximum atomic E-state index is 12.5. The molecule has 1 aliphatic rings. The van der Waals surface area contributed by atoms with Crippen molar-refractivity contribution in [3.05, 3.63) is 28.8 Å². The number of rotatable bonds is 3. The van der Waals surface area contributed by atoms with E-state index in [0.717, 1.165) is 17.5 Å². The smallest absolute Gasteiger partial charge is 0.172 e. The number of aryl methyl sites for hydroxylation is 1. The third-order valence-electron chi connectivity index (χ3n) is 3.72. The van der Waals surface area contributed by atoms with Crippen LogP contribution >= 0.6 is 0 Å². The van der Waals surface area contributed by atoms with Gasteiger partial charge in [-0.05, 0) is 44.4 Å². The minimum atomic E-state index is -0.0315. The van der Waals surface area contributed by atoms with Crippen molar-refractivity contribution in [2.75, 3.05) is 13.7 Å². The van der Waals surface area contributed by atoms with Gasteiger partial charge in [-0.2, -0.15) is 0 Å². The predicted octanol–water partition coefficient (Wildman–Crippen LogP) is 2.92. The molecule has 2 atom stereocenters. The number of ketones is 1. The van der Waals surface area contributed by atoms with Gasteiger partial charge in [-0.25, -0.2) is 0 Å². The fourth-order valence-electron chi connectivity index (χ4n) is 2.47. The van der Waals surface area contributed by atoms with E-state index >= 15 is 0 Å². The van der Waals surface area contributed by atoms with Gasteiger partial charge in [0, 0.05) is 5.92 Å². The molecule has 98 valence electrons. The molecule has 0 spiro atoms. The molecule has 1 aliphatic heterocycles. The molecule has 0 radical (unpaired) electrons. The molecular formula is C15H20O3. The average Bonchev–Trinajstić information content (AvgIpc) is 2.78. The maximum absolute atomic E-state index is 12.5. The Labute approximate surface area is 108 Å². The second-order valence-electron chi connectivity index (χ2n) is 5.03. The fraction of sp³-hybridized carbons (Fsp3) is 0.533. The Kier molecular flexibility index (Phi) is 3.71. The number of carbonyl (C=O) groups excluding carboxylic acids is 1. The summed E-state index contributed by atoms with van der Waals surface area (Å²) < 4.78 is 10.9. The molecule has 18 heavy (non-hydrogen) atoms. The monoisotopic (exact) mass is 248 g/mol. The summed E-state index contributed by atoms with van der Waals surface area (Å²) >= 11 is 0. The molecule has 3 nitrogen and oxygen atoms in total. The Morgan fingerprint density at radius 3 is 2.67 bits per heavy atom. The van der Waals surface area contributed by atoms with Crippen LogP contribution < -0.4 is 4.74 Å². The maximum Gasteiger partial charge on any atom is 0.172 e. The minimum absolute atomic E-state index is 0.0315. The lowest BCUT2D eigenvalue weighted by molar-refractivity contribution is 0.0874. The van der Waals surface area contributed by atoms with Crippen molar-refractivity contribution in [3.63, 3.8) is 0 Å². The second kappa shape index (κ2) is 5.11. The summed E-state index contributed by atoms with van der Waals surface area (Å²) in [5.41, 5.74) is 2.86. The number of methoxy groups -OCH3 is 1. The van der Waals surface area contributed by atoms with Crippen LogP contribution in [0, 0.1) is 19.8 Å². The summed E-state index contributed by atoms with van der Waals surface area (Å²) in [6.45, 7) is 6.53. The van der Waals surface area contributed by atoms with Gasteiger partial charge < -0.3 is 9.47 Å². The van der Waals surface area contributed by atoms with E-state index in [1.54, 1.807) is 7.11 Å². The number of Topliss-reactive ketones (excluding diaryl/α,β-unsaturated/α-hetero) is 1. The predicted molar refractivity (Wildman–Crippen MR) is 70.3 cm³/mol. The number of carbonyl (C=O) groups is 1. The minimum Gasteiger partial charge on any atom is -0.496 e. The topological polar surface area (TPSA) is 35.5 Å². The first kappa shape index (κ1) is 13.1. The van der Waals surface area contributed by atoms with Crippen LogP contribution in [0.3, 0.4) is 0 Å². The van der Waals surface area contributed by atoms with Gasteiger partial charge in [0.2, 0.25) is 0 Å². The Bertz CT molecular complexity index is 465. The highest BCUT2D eigenvalue weighted by molar-refractivity contribution is 6.01. The summed E-state index contributed by atoms with van der Waals surface area (Å²) in [7, 11) is 1.62. The summed E-state index contributed by atoms with van der Waals surface area (Å²) in [5, 5.41) is 0. The first-order chi connectivity index (χ1) is 8.54. The molecule has 0 saturated carbocycles. The van der Waals surface area contributed by atoms with E-state index in [4.69, 9.17) is 9.47 Å². The molecular weight excluding hydrogens is 228 g/mol. The van der Waals surface area contributed by atoms with Crippen molar-refractivity contribution in [3.8, 4) is 5.75 Å². The third-order valence-corrected chi connectivity index (χ3v) is 3.72. The molecule has 1 fully saturated rings. The first-order valence-corrected chi connectivity index (χ1v) is 6.34. The highest BCUT2D eigenvalue weighted by Crippen LogP contribution is 2.31. The van der Waals surface area contributed by atoms with Crippen LogP contribution in [0.1, 0.15) is 34.8 Å². The third kappa shape index (κ3) is 2.27. The second-order valence-corrected chi connectivity index (χ2v) is 5.03. The summed E-state index contributed by atoms with van der Waals surface area (Å²) in [6, 6.07) is 3.84. The van der Waals surface area contributed by atoms with E-state index < -0.39 is 0 Å². The van der Waals surface area contributed by atoms with Crippen molar-refractivity contribution < 1.29 is 14.3 Å². The van der Waals surface area contributed by atoms with Gasteiger partial charge >= 0.3 is 0 Å². The van der Waals surface area contributed by atoms with Crippen LogP contribution in [-0.2, 0) is 4.74 Å². The van der Waals surface area contributed by atoms with Crippen molar-refractivity contribution in [1.82, 2.24) is 0 Å². The van der Waals surface area contributed by atoms with Gasteiger partial charge in [0.1, 0.15) is 5.75 Å². The Balaban J connectivity index is 2.33. The molecule has 1 aromatic rings. The number of hydrogen-bond donors (Lipinski definition) is 0. The van der Waals surface area contributed by atoms with Crippen LogP contribution in [0.5, 0.6) is 5.75 Å². The van der Waals surface area contributed by atoms with E-state index in [-0.39, 0.29) is 17.8 Å². The van der Waals surface area contributed by atoms with E-state index in [9.17, 15) is 4.79 Å². The molecule has 3 heteroatoms. The van der Waals surface area contributed by atoms with E-state index in [0.29, 0.717) is 17.9 Å². The zero-order chi connectivity index (χ0) is 13.3. The highest BCUT2D eigenvalue weighted by atomic mass is 16.5. The fourth-order valence-corrected chi connectivity index (χ4v) is 2.47. The Morgan fingerprint density at radius 2 is 2.11 bits per heavy atom. The lowest BCUT2D eigenvalue weighted by atomic mass is 9.92. The van der Waals surface area contributed by atoms with Gasteiger partial charge in [0.15, 0.2) is 5.78 Å². The van der Waals surface area contributed by atoms with E-state index in [1.807, 2.05) is 32.9 Å². The molecule has 0 bridgehead atoms. The van der Waals surface area contributed by atoms with E-state index in [1.165, 1.54) is 0 Å². The van der Waals surface area contributed by atoms with Crippen molar-refractivity contribution >= 4 is 5.78 Å². The van der Waals surface area contributed by atoms with Gasteiger partial charge in [-0.1, -0.05) is 6.07 Å². The average molecular weight is 248 g/mol. The van der Waals surface area contributed by atoms with E-state index in [2.05, 4.69) is 0 Å². The van der Waals surface area contributed by atoms with Crippen LogP contribution in [0.4, 0.5) is 0 Å². The molecule has 2 unspecified atom stereocenters. The number of hydrogen-bond acceptors (Lipinski definition) is 3. The van der Waals surface area contributed by atoms with Crippen molar-refractivity contribution in [1.29, 1.82) is 0 Å². The van der Waals surface area contributed by atoms with Gasteiger partial charge in [0.25, 0.3) is 0 Å². The standard InChI is InChI=1S/C15H20O3/c1-9-5-6-13(15(17-4)11(9)3)14(16)12-7-10(2)18-8-12/h5-6,10,12H,7-8H2,1-4H3. The van der Waals surface area contributed by atoms with Crippen molar-refractivity contribution in [2.24, 2.45) is 5.92 Å². The lowest BCUT2D eigenvalue weighted by Gasteiger charge is -2.14. The molecule has 1 aromatic carbocycles. The Hall–Kier alpha value is -1.35. The molecule has 0 aromatic heterocycles. The SMILES string of the molecule is COc1c(C(=O)C2COC(C)C2)ccc(C)c1C. The van der Waals surface area contributed by atoms with Crippen LogP contribution in [-0.4, -0.2) is 25.6 Å². The zero-order valence-corrected chi connectivity index (χ0v) is 11.4. The van der Waals surface area contributed by atoms with Crippen LogP contribution in [0.25, 0.3) is 0 Å². The quantitative estimate of drug-likeness (QED) is 0.771. The zero-order valence-electron chi connectivity index (χ0n) is 11.4.